The molecule has 4 rings (SSSR count). The third-order valence-corrected chi connectivity index (χ3v) is 7.56. The molecule has 0 radical (unpaired) electrons. The predicted molar refractivity (Wildman–Crippen MR) is 141 cm³/mol. The van der Waals surface area contributed by atoms with Crippen LogP contribution in [-0.4, -0.2) is 46.8 Å². The van der Waals surface area contributed by atoms with Crippen molar-refractivity contribution >= 4 is 23.2 Å². The molecule has 2 amide bonds. The van der Waals surface area contributed by atoms with Crippen LogP contribution in [0.4, 0.5) is 0 Å². The molecule has 35 heavy (non-hydrogen) atoms. The summed E-state index contributed by atoms with van der Waals surface area (Å²) < 4.78 is 6.14. The first-order chi connectivity index (χ1) is 16.6. The molecule has 0 N–H and O–H groups in total. The Balaban J connectivity index is 1.57. The molecule has 0 bridgehead atoms. The molecule has 1 atom stereocenters. The fourth-order valence-electron chi connectivity index (χ4n) is 4.48. The molecule has 1 aromatic heterocycles. The van der Waals surface area contributed by atoms with Crippen LogP contribution in [0.2, 0.25) is 0 Å². The van der Waals surface area contributed by atoms with Crippen LogP contribution < -0.4 is 4.74 Å². The molecule has 1 aliphatic heterocycles. The lowest BCUT2D eigenvalue weighted by Gasteiger charge is -2.40. The number of amides is 2. The number of carbonyl (C=O) groups excluding carboxylic acids is 2. The Labute approximate surface area is 212 Å². The number of thiophene rings is 1. The van der Waals surface area contributed by atoms with Gasteiger partial charge in [-0.15, -0.1) is 11.3 Å². The summed E-state index contributed by atoms with van der Waals surface area (Å²) in [6, 6.07) is 17.4. The third kappa shape index (κ3) is 5.59. The number of hydrogen-bond donors (Lipinski definition) is 0. The summed E-state index contributed by atoms with van der Waals surface area (Å²) >= 11 is 1.73. The molecule has 2 heterocycles. The molecular formula is C29H34N2O3S. The monoisotopic (exact) mass is 490 g/mol. The zero-order valence-corrected chi connectivity index (χ0v) is 22.0. The Morgan fingerprint density at radius 2 is 1.77 bits per heavy atom. The Kier molecular flexibility index (Phi) is 7.31. The van der Waals surface area contributed by atoms with E-state index in [9.17, 15) is 9.59 Å². The van der Waals surface area contributed by atoms with E-state index in [1.165, 1.54) is 10.4 Å². The Bertz CT molecular complexity index is 1190. The maximum atomic E-state index is 13.8. The van der Waals surface area contributed by atoms with Crippen molar-refractivity contribution in [3.8, 4) is 5.75 Å². The van der Waals surface area contributed by atoms with E-state index in [1.54, 1.807) is 16.2 Å². The van der Waals surface area contributed by atoms with Gasteiger partial charge in [-0.25, -0.2) is 0 Å². The fraction of sp³-hybridized carbons (Fsp3) is 0.379. The maximum absolute atomic E-state index is 13.8. The molecule has 0 saturated heterocycles. The van der Waals surface area contributed by atoms with Gasteiger partial charge < -0.3 is 14.5 Å². The molecule has 0 fully saturated rings. The second-order valence-corrected chi connectivity index (χ2v) is 11.2. The first-order valence-electron chi connectivity index (χ1n) is 12.1. The van der Waals surface area contributed by atoms with Crippen LogP contribution in [-0.2, 0) is 11.2 Å². The molecule has 2 aromatic carbocycles. The summed E-state index contributed by atoms with van der Waals surface area (Å²) in [6.45, 7) is 10.9. The van der Waals surface area contributed by atoms with E-state index in [0.717, 1.165) is 23.3 Å². The Hall–Kier alpha value is -3.12. The maximum Gasteiger partial charge on any atom is 0.255 e. The van der Waals surface area contributed by atoms with Crippen LogP contribution >= 0.6 is 11.3 Å². The molecular weight excluding hydrogens is 456 g/mol. The van der Waals surface area contributed by atoms with Crippen molar-refractivity contribution in [2.45, 2.75) is 52.6 Å². The van der Waals surface area contributed by atoms with Crippen molar-refractivity contribution < 1.29 is 14.3 Å². The van der Waals surface area contributed by atoms with E-state index in [0.29, 0.717) is 18.7 Å². The van der Waals surface area contributed by atoms with E-state index in [-0.39, 0.29) is 24.4 Å². The highest BCUT2D eigenvalue weighted by Crippen LogP contribution is 2.34. The van der Waals surface area contributed by atoms with E-state index >= 15 is 0 Å². The van der Waals surface area contributed by atoms with Crippen molar-refractivity contribution in [1.82, 2.24) is 9.80 Å². The highest BCUT2D eigenvalue weighted by Gasteiger charge is 2.36. The molecule has 1 aliphatic rings. The van der Waals surface area contributed by atoms with Crippen molar-refractivity contribution in [1.29, 1.82) is 0 Å². The lowest BCUT2D eigenvalue weighted by atomic mass is 9.99. The number of nitrogens with zero attached hydrogens (tertiary/aromatic N) is 2. The standard InChI is InChI=1S/C29H34N2O3S/c1-20-10-12-22(13-11-20)34-19-25-24-15-17-35-26(24)14-16-30(25)27(32)18-31(29(3,4)5)28(33)23-9-7-6-8-21(23)2/h6-13,15,17,25H,14,16,18-19H2,1-5H3. The van der Waals surface area contributed by atoms with Gasteiger partial charge in [0.1, 0.15) is 18.9 Å². The summed E-state index contributed by atoms with van der Waals surface area (Å²) in [7, 11) is 0. The van der Waals surface area contributed by atoms with E-state index in [1.807, 2.05) is 88.0 Å². The van der Waals surface area contributed by atoms with Gasteiger partial charge in [0.05, 0.1) is 6.04 Å². The minimum absolute atomic E-state index is 0.0250. The number of rotatable bonds is 6. The Morgan fingerprint density at radius 3 is 2.46 bits per heavy atom. The van der Waals surface area contributed by atoms with Crippen LogP contribution in [0.25, 0.3) is 0 Å². The molecule has 0 aliphatic carbocycles. The third-order valence-electron chi connectivity index (χ3n) is 6.57. The number of benzene rings is 2. The lowest BCUT2D eigenvalue weighted by molar-refractivity contribution is -0.136. The van der Waals surface area contributed by atoms with Gasteiger partial charge in [-0.1, -0.05) is 35.9 Å². The molecule has 0 spiro atoms. The molecule has 6 heteroatoms. The summed E-state index contributed by atoms with van der Waals surface area (Å²) in [5, 5.41) is 2.08. The van der Waals surface area contributed by atoms with Gasteiger partial charge in [0, 0.05) is 22.5 Å². The van der Waals surface area contributed by atoms with E-state index in [4.69, 9.17) is 4.74 Å². The number of fused-ring (bicyclic) bond motifs is 1. The quantitative estimate of drug-likeness (QED) is 0.438. The highest BCUT2D eigenvalue weighted by molar-refractivity contribution is 7.10. The van der Waals surface area contributed by atoms with Gasteiger partial charge in [-0.2, -0.15) is 0 Å². The zero-order valence-electron chi connectivity index (χ0n) is 21.2. The SMILES string of the molecule is Cc1ccc(OCC2c3ccsc3CCN2C(=O)CN(C(=O)c2ccccc2C)C(C)(C)C)cc1. The second kappa shape index (κ2) is 10.2. The van der Waals surface area contributed by atoms with Gasteiger partial charge in [-0.3, -0.25) is 9.59 Å². The van der Waals surface area contributed by atoms with E-state index < -0.39 is 5.54 Å². The fourth-order valence-corrected chi connectivity index (χ4v) is 5.41. The van der Waals surface area contributed by atoms with Crippen LogP contribution in [0.1, 0.15) is 58.7 Å². The molecule has 184 valence electrons. The highest BCUT2D eigenvalue weighted by atomic mass is 32.1. The van der Waals surface area contributed by atoms with Crippen molar-refractivity contribution in [3.63, 3.8) is 0 Å². The van der Waals surface area contributed by atoms with Gasteiger partial charge in [0.15, 0.2) is 0 Å². The second-order valence-electron chi connectivity index (χ2n) is 10.2. The van der Waals surface area contributed by atoms with E-state index in [2.05, 4.69) is 11.4 Å². The molecule has 3 aromatic rings. The Morgan fingerprint density at radius 1 is 1.06 bits per heavy atom. The van der Waals surface area contributed by atoms with Gasteiger partial charge >= 0.3 is 0 Å². The predicted octanol–water partition coefficient (Wildman–Crippen LogP) is 5.81. The topological polar surface area (TPSA) is 49.9 Å². The summed E-state index contributed by atoms with van der Waals surface area (Å²) in [5.41, 5.74) is 3.35. The van der Waals surface area contributed by atoms with Crippen LogP contribution in [0, 0.1) is 13.8 Å². The minimum Gasteiger partial charge on any atom is -0.491 e. The number of ether oxygens (including phenoxy) is 1. The van der Waals surface area contributed by atoms with Gasteiger partial charge in [-0.05, 0) is 81.8 Å². The first-order valence-corrected chi connectivity index (χ1v) is 13.0. The first kappa shape index (κ1) is 25.0. The van der Waals surface area contributed by atoms with Crippen molar-refractivity contribution in [2.24, 2.45) is 0 Å². The normalized spacial score (nSPS) is 15.5. The summed E-state index contributed by atoms with van der Waals surface area (Å²) in [5.74, 6) is 0.609. The van der Waals surface area contributed by atoms with Crippen LogP contribution in [0.5, 0.6) is 5.75 Å². The number of carbonyl (C=O) groups is 2. The average molecular weight is 491 g/mol. The van der Waals surface area contributed by atoms with Crippen molar-refractivity contribution in [3.05, 3.63) is 87.1 Å². The summed E-state index contributed by atoms with van der Waals surface area (Å²) in [4.78, 5) is 32.2. The van der Waals surface area contributed by atoms with Gasteiger partial charge in [0.25, 0.3) is 5.91 Å². The number of aryl methyl sites for hydroxylation is 2. The van der Waals surface area contributed by atoms with Crippen LogP contribution in [0.3, 0.4) is 0 Å². The lowest BCUT2D eigenvalue weighted by Crippen LogP contribution is -2.53. The minimum atomic E-state index is -0.508. The van der Waals surface area contributed by atoms with Crippen LogP contribution in [0.15, 0.2) is 60.0 Å². The number of hydrogen-bond acceptors (Lipinski definition) is 4. The molecule has 0 saturated carbocycles. The summed E-state index contributed by atoms with van der Waals surface area (Å²) in [6.07, 6.45) is 0.820. The zero-order chi connectivity index (χ0) is 25.2. The largest absolute Gasteiger partial charge is 0.491 e. The van der Waals surface area contributed by atoms with Gasteiger partial charge in [0.2, 0.25) is 5.91 Å². The average Bonchev–Trinajstić information content (AvgIpc) is 3.30. The smallest absolute Gasteiger partial charge is 0.255 e. The van der Waals surface area contributed by atoms with Crippen molar-refractivity contribution in [2.75, 3.05) is 19.7 Å². The molecule has 5 nitrogen and oxygen atoms in total. The molecule has 1 unspecified atom stereocenters.